The lowest BCUT2D eigenvalue weighted by Gasteiger charge is -2.10. The molecule has 0 aliphatic carbocycles. The van der Waals surface area contributed by atoms with Crippen LogP contribution in [0.5, 0.6) is 5.75 Å². The average molecular weight is 231 g/mol. The second kappa shape index (κ2) is 6.05. The van der Waals surface area contributed by atoms with Gasteiger partial charge in [0.25, 0.3) is 0 Å². The summed E-state index contributed by atoms with van der Waals surface area (Å²) in [4.78, 5) is 12.1. The van der Waals surface area contributed by atoms with Crippen LogP contribution in [-0.2, 0) is 0 Å². The Balaban J connectivity index is 3.05. The van der Waals surface area contributed by atoms with Crippen molar-refractivity contribution in [2.75, 3.05) is 7.11 Å². The standard InChI is InChI=1S/C14H17NO2/c1-4-5-10(2)14(16)12-6-11(9-15)7-13(8-12)17-3/h6-8,10H,4-5H2,1-3H3. The Hall–Kier alpha value is -1.82. The summed E-state index contributed by atoms with van der Waals surface area (Å²) in [6.07, 6.45) is 1.83. The van der Waals surface area contributed by atoms with Gasteiger partial charge in [-0.3, -0.25) is 4.79 Å². The van der Waals surface area contributed by atoms with Crippen molar-refractivity contribution in [1.29, 1.82) is 5.26 Å². The predicted molar refractivity (Wildman–Crippen MR) is 66.1 cm³/mol. The van der Waals surface area contributed by atoms with Crippen LogP contribution in [0.25, 0.3) is 0 Å². The minimum Gasteiger partial charge on any atom is -0.497 e. The minimum absolute atomic E-state index is 0.0151. The predicted octanol–water partition coefficient (Wildman–Crippen LogP) is 3.19. The Morgan fingerprint density at radius 1 is 1.47 bits per heavy atom. The molecule has 3 nitrogen and oxygen atoms in total. The van der Waals surface area contributed by atoms with Gasteiger partial charge in [0.1, 0.15) is 5.75 Å². The van der Waals surface area contributed by atoms with Gasteiger partial charge in [0.15, 0.2) is 5.78 Å². The van der Waals surface area contributed by atoms with E-state index in [0.29, 0.717) is 16.9 Å². The van der Waals surface area contributed by atoms with Gasteiger partial charge in [-0.25, -0.2) is 0 Å². The van der Waals surface area contributed by atoms with Gasteiger partial charge < -0.3 is 4.74 Å². The molecule has 0 aromatic heterocycles. The second-order valence-corrected chi connectivity index (χ2v) is 4.12. The van der Waals surface area contributed by atoms with E-state index in [4.69, 9.17) is 10.00 Å². The van der Waals surface area contributed by atoms with Gasteiger partial charge in [-0.15, -0.1) is 0 Å². The Labute approximate surface area is 102 Å². The number of nitrogens with zero attached hydrogens (tertiary/aromatic N) is 1. The fraction of sp³-hybridized carbons (Fsp3) is 0.429. The first-order chi connectivity index (χ1) is 8.12. The van der Waals surface area contributed by atoms with Crippen molar-refractivity contribution in [2.24, 2.45) is 5.92 Å². The maximum atomic E-state index is 12.1. The van der Waals surface area contributed by atoms with Crippen LogP contribution in [0, 0.1) is 17.2 Å². The number of rotatable bonds is 5. The van der Waals surface area contributed by atoms with Crippen molar-refractivity contribution in [2.45, 2.75) is 26.7 Å². The van der Waals surface area contributed by atoms with Crippen molar-refractivity contribution in [3.05, 3.63) is 29.3 Å². The number of methoxy groups -OCH3 is 1. The Morgan fingerprint density at radius 2 is 2.18 bits per heavy atom. The third kappa shape index (κ3) is 3.32. The summed E-state index contributed by atoms with van der Waals surface area (Å²) in [5, 5.41) is 8.89. The molecule has 17 heavy (non-hydrogen) atoms. The van der Waals surface area contributed by atoms with E-state index in [2.05, 4.69) is 6.92 Å². The zero-order valence-electron chi connectivity index (χ0n) is 10.5. The van der Waals surface area contributed by atoms with Crippen LogP contribution >= 0.6 is 0 Å². The van der Waals surface area contributed by atoms with E-state index >= 15 is 0 Å². The number of hydrogen-bond acceptors (Lipinski definition) is 3. The summed E-state index contributed by atoms with van der Waals surface area (Å²) in [6.45, 7) is 3.97. The van der Waals surface area contributed by atoms with E-state index in [-0.39, 0.29) is 11.7 Å². The highest BCUT2D eigenvalue weighted by atomic mass is 16.5. The number of ketones is 1. The SMILES string of the molecule is CCCC(C)C(=O)c1cc(C#N)cc(OC)c1. The summed E-state index contributed by atoms with van der Waals surface area (Å²) < 4.78 is 5.08. The van der Waals surface area contributed by atoms with Gasteiger partial charge in [-0.2, -0.15) is 5.26 Å². The van der Waals surface area contributed by atoms with E-state index in [1.165, 1.54) is 7.11 Å². The van der Waals surface area contributed by atoms with Crippen LogP contribution in [-0.4, -0.2) is 12.9 Å². The van der Waals surface area contributed by atoms with Gasteiger partial charge in [-0.05, 0) is 24.6 Å². The molecule has 0 aliphatic heterocycles. The van der Waals surface area contributed by atoms with Gasteiger partial charge in [0.05, 0.1) is 18.7 Å². The topological polar surface area (TPSA) is 50.1 Å². The average Bonchev–Trinajstić information content (AvgIpc) is 2.37. The molecular weight excluding hydrogens is 214 g/mol. The molecule has 0 amide bonds. The van der Waals surface area contributed by atoms with Gasteiger partial charge in [0, 0.05) is 11.5 Å². The number of Topliss-reactive ketones (excluding diaryl/α,β-unsaturated/α-hetero) is 1. The molecule has 0 saturated heterocycles. The summed E-state index contributed by atoms with van der Waals surface area (Å²) in [5.74, 6) is 0.608. The first kappa shape index (κ1) is 13.2. The summed E-state index contributed by atoms with van der Waals surface area (Å²) in [5.41, 5.74) is 1.01. The van der Waals surface area contributed by atoms with Gasteiger partial charge >= 0.3 is 0 Å². The van der Waals surface area contributed by atoms with Crippen molar-refractivity contribution in [1.82, 2.24) is 0 Å². The normalized spacial score (nSPS) is 11.6. The quantitative estimate of drug-likeness (QED) is 0.731. The number of nitriles is 1. The zero-order valence-corrected chi connectivity index (χ0v) is 10.5. The molecule has 90 valence electrons. The van der Waals surface area contributed by atoms with Crippen LogP contribution in [0.1, 0.15) is 42.6 Å². The molecule has 0 saturated carbocycles. The lowest BCUT2D eigenvalue weighted by molar-refractivity contribution is 0.0923. The van der Waals surface area contributed by atoms with Crippen molar-refractivity contribution < 1.29 is 9.53 Å². The zero-order chi connectivity index (χ0) is 12.8. The third-order valence-electron chi connectivity index (χ3n) is 2.73. The van der Waals surface area contributed by atoms with E-state index in [9.17, 15) is 4.79 Å². The number of hydrogen-bond donors (Lipinski definition) is 0. The van der Waals surface area contributed by atoms with Crippen LogP contribution in [0.4, 0.5) is 0 Å². The highest BCUT2D eigenvalue weighted by Crippen LogP contribution is 2.20. The van der Waals surface area contributed by atoms with E-state index < -0.39 is 0 Å². The number of carbonyl (C=O) groups is 1. The summed E-state index contributed by atoms with van der Waals surface area (Å²) in [7, 11) is 1.53. The molecule has 1 aromatic rings. The lowest BCUT2D eigenvalue weighted by Crippen LogP contribution is -2.11. The maximum absolute atomic E-state index is 12.1. The highest BCUT2D eigenvalue weighted by molar-refractivity contribution is 5.98. The smallest absolute Gasteiger partial charge is 0.165 e. The Kier molecular flexibility index (Phi) is 4.71. The molecule has 1 aromatic carbocycles. The number of carbonyl (C=O) groups excluding carboxylic acids is 1. The molecular formula is C14H17NO2. The molecule has 1 rings (SSSR count). The van der Waals surface area contributed by atoms with Crippen molar-refractivity contribution in [3.63, 3.8) is 0 Å². The number of benzene rings is 1. The molecule has 3 heteroatoms. The first-order valence-corrected chi connectivity index (χ1v) is 5.75. The molecule has 0 N–H and O–H groups in total. The summed E-state index contributed by atoms with van der Waals surface area (Å²) >= 11 is 0. The fourth-order valence-electron chi connectivity index (χ4n) is 1.77. The van der Waals surface area contributed by atoms with Crippen LogP contribution in [0.2, 0.25) is 0 Å². The number of ether oxygens (including phenoxy) is 1. The van der Waals surface area contributed by atoms with Crippen LogP contribution in [0.3, 0.4) is 0 Å². The highest BCUT2D eigenvalue weighted by Gasteiger charge is 2.15. The molecule has 0 spiro atoms. The molecule has 0 heterocycles. The molecule has 0 bridgehead atoms. The Morgan fingerprint density at radius 3 is 2.71 bits per heavy atom. The third-order valence-corrected chi connectivity index (χ3v) is 2.73. The lowest BCUT2D eigenvalue weighted by atomic mass is 9.94. The molecule has 0 fully saturated rings. The van der Waals surface area contributed by atoms with Crippen molar-refractivity contribution in [3.8, 4) is 11.8 Å². The molecule has 1 atom stereocenters. The van der Waals surface area contributed by atoms with E-state index in [1.54, 1.807) is 18.2 Å². The molecule has 1 unspecified atom stereocenters. The Bertz CT molecular complexity index is 446. The van der Waals surface area contributed by atoms with E-state index in [1.807, 2.05) is 13.0 Å². The van der Waals surface area contributed by atoms with Crippen molar-refractivity contribution >= 4 is 5.78 Å². The largest absolute Gasteiger partial charge is 0.497 e. The van der Waals surface area contributed by atoms with Gasteiger partial charge in [0.2, 0.25) is 0 Å². The fourth-order valence-corrected chi connectivity index (χ4v) is 1.77. The van der Waals surface area contributed by atoms with Gasteiger partial charge in [-0.1, -0.05) is 20.3 Å². The van der Waals surface area contributed by atoms with Crippen LogP contribution in [0.15, 0.2) is 18.2 Å². The second-order valence-electron chi connectivity index (χ2n) is 4.12. The maximum Gasteiger partial charge on any atom is 0.165 e. The summed E-state index contributed by atoms with van der Waals surface area (Å²) in [6, 6.07) is 6.97. The molecule has 0 radical (unpaired) electrons. The van der Waals surface area contributed by atoms with Crippen LogP contribution < -0.4 is 4.74 Å². The molecule has 0 aliphatic rings. The monoisotopic (exact) mass is 231 g/mol. The first-order valence-electron chi connectivity index (χ1n) is 5.75. The van der Waals surface area contributed by atoms with E-state index in [0.717, 1.165) is 12.8 Å². The minimum atomic E-state index is -0.0151.